The van der Waals surface area contributed by atoms with E-state index in [9.17, 15) is 4.79 Å². The Hall–Kier alpha value is -0.830. The standard InChI is InChI=1S/C14H16BrNO/c1-12(2)13(3,4)14(12)9-7-8(15)5-6-10(9)16-11(14)17/h5-7H,1-4H3,(H,16,17). The zero-order valence-corrected chi connectivity index (χ0v) is 12.1. The Morgan fingerprint density at radius 3 is 2.24 bits per heavy atom. The molecular formula is C14H16BrNO. The summed E-state index contributed by atoms with van der Waals surface area (Å²) >= 11 is 3.50. The first-order chi connectivity index (χ1) is 7.76. The van der Waals surface area contributed by atoms with Gasteiger partial charge in [-0.15, -0.1) is 0 Å². The van der Waals surface area contributed by atoms with E-state index < -0.39 is 0 Å². The SMILES string of the molecule is CC1(C)C(C)(C)C12C(=O)Nc1ccc(Br)cc12. The monoisotopic (exact) mass is 293 g/mol. The molecule has 1 N–H and O–H groups in total. The number of hydrogen-bond acceptors (Lipinski definition) is 1. The van der Waals surface area contributed by atoms with E-state index in [1.165, 1.54) is 0 Å². The number of amides is 1. The van der Waals surface area contributed by atoms with Crippen LogP contribution in [-0.2, 0) is 10.2 Å². The molecule has 17 heavy (non-hydrogen) atoms. The molecule has 1 aromatic rings. The molecule has 1 aliphatic heterocycles. The molecule has 1 aromatic carbocycles. The number of carbonyl (C=O) groups excluding carboxylic acids is 1. The molecule has 90 valence electrons. The first-order valence-corrected chi connectivity index (χ1v) is 6.67. The van der Waals surface area contributed by atoms with Crippen LogP contribution in [0.3, 0.4) is 0 Å². The van der Waals surface area contributed by atoms with E-state index in [0.717, 1.165) is 15.7 Å². The van der Waals surface area contributed by atoms with Gasteiger partial charge in [-0.25, -0.2) is 0 Å². The van der Waals surface area contributed by atoms with Crippen LogP contribution < -0.4 is 5.32 Å². The summed E-state index contributed by atoms with van der Waals surface area (Å²) in [4.78, 5) is 12.4. The molecule has 3 heteroatoms. The van der Waals surface area contributed by atoms with E-state index in [1.807, 2.05) is 12.1 Å². The first-order valence-electron chi connectivity index (χ1n) is 5.88. The van der Waals surface area contributed by atoms with Gasteiger partial charge < -0.3 is 5.32 Å². The van der Waals surface area contributed by atoms with E-state index in [2.05, 4.69) is 55.0 Å². The fourth-order valence-corrected chi connectivity index (χ4v) is 4.19. The molecule has 1 fully saturated rings. The summed E-state index contributed by atoms with van der Waals surface area (Å²) in [6.45, 7) is 8.73. The first kappa shape index (κ1) is 11.3. The number of halogens is 1. The smallest absolute Gasteiger partial charge is 0.236 e. The van der Waals surface area contributed by atoms with Crippen LogP contribution in [0.25, 0.3) is 0 Å². The summed E-state index contributed by atoms with van der Waals surface area (Å²) in [5, 5.41) is 3.03. The summed E-state index contributed by atoms with van der Waals surface area (Å²) in [7, 11) is 0. The Morgan fingerprint density at radius 2 is 1.71 bits per heavy atom. The molecule has 3 rings (SSSR count). The Kier molecular flexibility index (Phi) is 1.84. The minimum absolute atomic E-state index is 0.00384. The molecule has 0 unspecified atom stereocenters. The van der Waals surface area contributed by atoms with Crippen LogP contribution in [0.15, 0.2) is 22.7 Å². The molecule has 0 aromatic heterocycles. The summed E-state index contributed by atoms with van der Waals surface area (Å²) < 4.78 is 1.03. The lowest BCUT2D eigenvalue weighted by Gasteiger charge is -2.12. The second-order valence-corrected chi connectivity index (χ2v) is 7.06. The number of rotatable bonds is 0. The normalized spacial score (nSPS) is 25.6. The maximum Gasteiger partial charge on any atom is 0.236 e. The van der Waals surface area contributed by atoms with E-state index in [1.54, 1.807) is 0 Å². The maximum atomic E-state index is 12.4. The second kappa shape index (κ2) is 2.77. The molecule has 1 saturated carbocycles. The van der Waals surface area contributed by atoms with Gasteiger partial charge in [0.1, 0.15) is 0 Å². The fraction of sp³-hybridized carbons (Fsp3) is 0.500. The van der Waals surface area contributed by atoms with Gasteiger partial charge in [0.15, 0.2) is 0 Å². The number of nitrogens with one attached hydrogen (secondary N) is 1. The predicted octanol–water partition coefficient (Wildman–Crippen LogP) is 3.71. The van der Waals surface area contributed by atoms with Crippen LogP contribution in [0.4, 0.5) is 5.69 Å². The van der Waals surface area contributed by atoms with Crippen molar-refractivity contribution in [1.29, 1.82) is 0 Å². The van der Waals surface area contributed by atoms with Crippen LogP contribution in [-0.4, -0.2) is 5.91 Å². The fourth-order valence-electron chi connectivity index (χ4n) is 3.83. The highest BCUT2D eigenvalue weighted by molar-refractivity contribution is 9.10. The lowest BCUT2D eigenvalue weighted by atomic mass is 9.87. The zero-order valence-electron chi connectivity index (χ0n) is 10.5. The van der Waals surface area contributed by atoms with E-state index >= 15 is 0 Å². The van der Waals surface area contributed by atoms with Crippen molar-refractivity contribution in [2.75, 3.05) is 5.32 Å². The molecule has 1 amide bonds. The Bertz CT molecular complexity index is 531. The molecule has 1 aliphatic carbocycles. The Morgan fingerprint density at radius 1 is 1.12 bits per heavy atom. The van der Waals surface area contributed by atoms with Gasteiger partial charge in [-0.3, -0.25) is 4.79 Å². The highest BCUT2D eigenvalue weighted by Gasteiger charge is 2.83. The van der Waals surface area contributed by atoms with Gasteiger partial charge in [-0.05, 0) is 34.6 Å². The average molecular weight is 294 g/mol. The van der Waals surface area contributed by atoms with Gasteiger partial charge in [0.25, 0.3) is 0 Å². The van der Waals surface area contributed by atoms with E-state index in [0.29, 0.717) is 0 Å². The average Bonchev–Trinajstić information content (AvgIpc) is 2.49. The highest BCUT2D eigenvalue weighted by Crippen LogP contribution is 2.80. The third-order valence-corrected chi connectivity index (χ3v) is 5.84. The van der Waals surface area contributed by atoms with Crippen molar-refractivity contribution in [2.45, 2.75) is 33.1 Å². The van der Waals surface area contributed by atoms with Crippen LogP contribution >= 0.6 is 15.9 Å². The van der Waals surface area contributed by atoms with Gasteiger partial charge in [0.05, 0.1) is 5.41 Å². The predicted molar refractivity (Wildman–Crippen MR) is 72.0 cm³/mol. The van der Waals surface area contributed by atoms with Crippen molar-refractivity contribution in [2.24, 2.45) is 10.8 Å². The molecule has 0 saturated heterocycles. The van der Waals surface area contributed by atoms with Crippen LogP contribution in [0, 0.1) is 10.8 Å². The summed E-state index contributed by atoms with van der Waals surface area (Å²) in [5.74, 6) is 0.153. The molecule has 2 aliphatic rings. The lowest BCUT2D eigenvalue weighted by Crippen LogP contribution is -2.26. The Balaban J connectivity index is 2.30. The summed E-state index contributed by atoms with van der Waals surface area (Å²) in [6.07, 6.45) is 0. The topological polar surface area (TPSA) is 29.1 Å². The molecule has 0 radical (unpaired) electrons. The molecular weight excluding hydrogens is 278 g/mol. The maximum absolute atomic E-state index is 12.4. The van der Waals surface area contributed by atoms with Crippen molar-refractivity contribution in [3.8, 4) is 0 Å². The molecule has 2 nitrogen and oxygen atoms in total. The lowest BCUT2D eigenvalue weighted by molar-refractivity contribution is -0.119. The molecule has 0 atom stereocenters. The van der Waals surface area contributed by atoms with Crippen molar-refractivity contribution >= 4 is 27.5 Å². The van der Waals surface area contributed by atoms with Gasteiger partial charge in [0, 0.05) is 10.2 Å². The number of benzene rings is 1. The third-order valence-electron chi connectivity index (χ3n) is 5.35. The van der Waals surface area contributed by atoms with Gasteiger partial charge in [-0.1, -0.05) is 43.6 Å². The highest BCUT2D eigenvalue weighted by atomic mass is 79.9. The molecule has 0 bridgehead atoms. The quantitative estimate of drug-likeness (QED) is 0.776. The van der Waals surface area contributed by atoms with Gasteiger partial charge in [-0.2, -0.15) is 0 Å². The van der Waals surface area contributed by atoms with E-state index in [-0.39, 0.29) is 22.2 Å². The second-order valence-electron chi connectivity index (χ2n) is 6.14. The van der Waals surface area contributed by atoms with Crippen molar-refractivity contribution < 1.29 is 4.79 Å². The molecule has 1 spiro atoms. The largest absolute Gasteiger partial charge is 0.325 e. The number of carbonyl (C=O) groups is 1. The van der Waals surface area contributed by atoms with Crippen molar-refractivity contribution in [3.63, 3.8) is 0 Å². The molecule has 1 heterocycles. The van der Waals surface area contributed by atoms with Gasteiger partial charge >= 0.3 is 0 Å². The van der Waals surface area contributed by atoms with Crippen LogP contribution in [0.1, 0.15) is 33.3 Å². The van der Waals surface area contributed by atoms with Crippen molar-refractivity contribution in [3.05, 3.63) is 28.2 Å². The zero-order chi connectivity index (χ0) is 12.6. The van der Waals surface area contributed by atoms with Crippen LogP contribution in [0.5, 0.6) is 0 Å². The Labute approximate surface area is 110 Å². The third kappa shape index (κ3) is 0.931. The minimum Gasteiger partial charge on any atom is -0.325 e. The van der Waals surface area contributed by atoms with Crippen molar-refractivity contribution in [1.82, 2.24) is 0 Å². The van der Waals surface area contributed by atoms with E-state index in [4.69, 9.17) is 0 Å². The number of hydrogen-bond donors (Lipinski definition) is 1. The number of fused-ring (bicyclic) bond motifs is 2. The van der Waals surface area contributed by atoms with Crippen LogP contribution in [0.2, 0.25) is 0 Å². The number of anilines is 1. The summed E-state index contributed by atoms with van der Waals surface area (Å²) in [6, 6.07) is 6.04. The summed E-state index contributed by atoms with van der Waals surface area (Å²) in [5.41, 5.74) is 1.74. The van der Waals surface area contributed by atoms with Gasteiger partial charge in [0.2, 0.25) is 5.91 Å². The minimum atomic E-state index is -0.362.